The van der Waals surface area contributed by atoms with Crippen molar-refractivity contribution in [3.05, 3.63) is 76.3 Å². The quantitative estimate of drug-likeness (QED) is 0.221. The molecule has 9 nitrogen and oxygen atoms in total. The van der Waals surface area contributed by atoms with Crippen molar-refractivity contribution in [2.24, 2.45) is 24.3 Å². The summed E-state index contributed by atoms with van der Waals surface area (Å²) in [6.45, 7) is 0. The molecule has 0 saturated heterocycles. The van der Waals surface area contributed by atoms with Gasteiger partial charge in [-0.3, -0.25) is 0 Å². The van der Waals surface area contributed by atoms with Crippen molar-refractivity contribution in [2.75, 3.05) is 10.9 Å². The average molecular weight is 517 g/mol. The number of aromatic nitrogens is 4. The zero-order chi connectivity index (χ0) is 23.7. The minimum absolute atomic E-state index is 0.0503. The Bertz CT molecular complexity index is 1450. The van der Waals surface area contributed by atoms with E-state index in [-0.39, 0.29) is 5.75 Å². The molecule has 2 heterocycles. The normalized spacial score (nSPS) is 11.9. The van der Waals surface area contributed by atoms with Crippen LogP contribution in [-0.2, 0) is 14.1 Å². The second-order valence-electron chi connectivity index (χ2n) is 7.64. The highest BCUT2D eigenvalue weighted by Gasteiger charge is 2.09. The van der Waals surface area contributed by atoms with Gasteiger partial charge in [0.25, 0.3) is 0 Å². The third-order valence-electron chi connectivity index (χ3n) is 5.44. The first kappa shape index (κ1) is 21.7. The molecule has 0 radical (unpaired) electrons. The molecular weight excluding hydrogens is 496 g/mol. The van der Waals surface area contributed by atoms with Gasteiger partial charge in [0.1, 0.15) is 5.75 Å². The number of hydrogen-bond acceptors (Lipinski definition) is 7. The Morgan fingerprint density at radius 2 is 1.24 bits per heavy atom. The Morgan fingerprint density at radius 1 is 0.794 bits per heavy atom. The van der Waals surface area contributed by atoms with E-state index in [1.807, 2.05) is 71.8 Å². The highest BCUT2D eigenvalue weighted by atomic mass is 79.9. The summed E-state index contributed by atoms with van der Waals surface area (Å²) in [4.78, 5) is 9.04. The number of hydrogen-bond donors (Lipinski definition) is 3. The number of benzene rings is 3. The fraction of sp³-hybridized carbons (Fsp3) is 0.0833. The molecule has 0 aliphatic carbocycles. The van der Waals surface area contributed by atoms with Crippen LogP contribution in [0.2, 0.25) is 0 Å². The van der Waals surface area contributed by atoms with Crippen molar-refractivity contribution in [3.8, 4) is 5.75 Å². The molecule has 3 aromatic carbocycles. The second-order valence-corrected chi connectivity index (χ2v) is 8.55. The summed E-state index contributed by atoms with van der Waals surface area (Å²) < 4.78 is 4.61. The molecule has 0 aliphatic rings. The number of aromatic hydroxyl groups is 1. The number of para-hydroxylation sites is 4. The number of hydrazone groups is 2. The molecule has 0 saturated carbocycles. The van der Waals surface area contributed by atoms with E-state index < -0.39 is 0 Å². The van der Waals surface area contributed by atoms with Crippen molar-refractivity contribution in [1.82, 2.24) is 19.1 Å². The SMILES string of the molecule is Cn1c(N/N=C\c2cc(Br)cc(/C=N/Nc3nc4ccccc4n3C)c2O)nc2ccccc21. The second kappa shape index (κ2) is 8.99. The first-order valence-corrected chi connectivity index (χ1v) is 11.2. The average Bonchev–Trinajstić information content (AvgIpc) is 3.33. The molecule has 10 heteroatoms. The Kier molecular flexibility index (Phi) is 5.72. The number of phenols is 1. The van der Waals surface area contributed by atoms with E-state index in [0.29, 0.717) is 23.0 Å². The predicted octanol–water partition coefficient (Wildman–Crippen LogP) is 4.82. The van der Waals surface area contributed by atoms with Crippen molar-refractivity contribution >= 4 is 62.3 Å². The number of nitrogens with one attached hydrogen (secondary N) is 2. The summed E-state index contributed by atoms with van der Waals surface area (Å²) in [6, 6.07) is 19.2. The highest BCUT2D eigenvalue weighted by Crippen LogP contribution is 2.26. The smallest absolute Gasteiger partial charge is 0.224 e. The van der Waals surface area contributed by atoms with E-state index in [2.05, 4.69) is 47.0 Å². The Balaban J connectivity index is 1.34. The van der Waals surface area contributed by atoms with Crippen LogP contribution in [0, 0.1) is 0 Å². The van der Waals surface area contributed by atoms with Crippen LogP contribution in [0.4, 0.5) is 11.9 Å². The van der Waals surface area contributed by atoms with Gasteiger partial charge in [-0.1, -0.05) is 40.2 Å². The maximum atomic E-state index is 10.7. The summed E-state index contributed by atoms with van der Waals surface area (Å²) in [7, 11) is 3.83. The minimum atomic E-state index is 0.0503. The topological polar surface area (TPSA) is 105 Å². The van der Waals surface area contributed by atoms with Gasteiger partial charge < -0.3 is 14.2 Å². The molecule has 0 atom stereocenters. The van der Waals surface area contributed by atoms with Crippen LogP contribution >= 0.6 is 15.9 Å². The number of aryl methyl sites for hydroxylation is 2. The van der Waals surface area contributed by atoms with E-state index >= 15 is 0 Å². The molecule has 5 aromatic rings. The van der Waals surface area contributed by atoms with Gasteiger partial charge in [0.15, 0.2) is 0 Å². The van der Waals surface area contributed by atoms with Crippen LogP contribution in [-0.4, -0.2) is 36.6 Å². The zero-order valence-electron chi connectivity index (χ0n) is 18.4. The third-order valence-corrected chi connectivity index (χ3v) is 5.90. The summed E-state index contributed by atoms with van der Waals surface area (Å²) >= 11 is 3.48. The van der Waals surface area contributed by atoms with Crippen LogP contribution in [0.3, 0.4) is 0 Å². The molecule has 170 valence electrons. The summed E-state index contributed by atoms with van der Waals surface area (Å²) in [5.74, 6) is 1.25. The standard InChI is InChI=1S/C24H21BrN8O/c1-32-20-9-5-3-7-18(20)28-23(32)30-26-13-15-11-17(25)12-16(22(15)34)14-27-31-24-29-19-8-4-6-10-21(19)33(24)2/h3-14,34H,1-2H3,(H,28,30)(H,29,31)/b26-13-,27-14+. The van der Waals surface area contributed by atoms with Gasteiger partial charge >= 0.3 is 0 Å². The molecule has 34 heavy (non-hydrogen) atoms. The number of rotatable bonds is 6. The summed E-state index contributed by atoms with van der Waals surface area (Å²) in [5, 5.41) is 19.3. The van der Waals surface area contributed by atoms with Gasteiger partial charge in [-0.15, -0.1) is 0 Å². The van der Waals surface area contributed by atoms with Crippen LogP contribution in [0.25, 0.3) is 22.1 Å². The van der Waals surface area contributed by atoms with Crippen LogP contribution in [0.1, 0.15) is 11.1 Å². The van der Waals surface area contributed by atoms with Crippen LogP contribution in [0.5, 0.6) is 5.75 Å². The molecule has 2 aromatic heterocycles. The predicted molar refractivity (Wildman–Crippen MR) is 140 cm³/mol. The number of phenolic OH excluding ortho intramolecular Hbond substituents is 1. The van der Waals surface area contributed by atoms with Crippen LogP contribution in [0.15, 0.2) is 75.3 Å². The number of imidazole rings is 2. The summed E-state index contributed by atoms with van der Waals surface area (Å²) in [5.41, 5.74) is 10.7. The lowest BCUT2D eigenvalue weighted by atomic mass is 10.1. The summed E-state index contributed by atoms with van der Waals surface area (Å²) in [6.07, 6.45) is 3.07. The fourth-order valence-corrected chi connectivity index (χ4v) is 4.14. The van der Waals surface area contributed by atoms with E-state index in [1.165, 1.54) is 12.4 Å². The lowest BCUT2D eigenvalue weighted by molar-refractivity contribution is 0.473. The van der Waals surface area contributed by atoms with Crippen molar-refractivity contribution < 1.29 is 5.11 Å². The Hall–Kier alpha value is -4.18. The van der Waals surface area contributed by atoms with Gasteiger partial charge in [-0.25, -0.2) is 20.8 Å². The first-order valence-electron chi connectivity index (χ1n) is 10.4. The molecule has 0 amide bonds. The lowest BCUT2D eigenvalue weighted by Gasteiger charge is -2.06. The Morgan fingerprint density at radius 3 is 1.68 bits per heavy atom. The number of nitrogens with zero attached hydrogens (tertiary/aromatic N) is 6. The van der Waals surface area contributed by atoms with Gasteiger partial charge in [0, 0.05) is 29.7 Å². The third kappa shape index (κ3) is 4.11. The number of fused-ring (bicyclic) bond motifs is 2. The largest absolute Gasteiger partial charge is 0.507 e. The van der Waals surface area contributed by atoms with E-state index in [1.54, 1.807) is 12.1 Å². The minimum Gasteiger partial charge on any atom is -0.507 e. The monoisotopic (exact) mass is 516 g/mol. The molecule has 0 spiro atoms. The molecule has 5 rings (SSSR count). The van der Waals surface area contributed by atoms with Gasteiger partial charge in [-0.05, 0) is 36.4 Å². The van der Waals surface area contributed by atoms with Gasteiger partial charge in [0.05, 0.1) is 34.5 Å². The van der Waals surface area contributed by atoms with Crippen molar-refractivity contribution in [3.63, 3.8) is 0 Å². The maximum absolute atomic E-state index is 10.7. The zero-order valence-corrected chi connectivity index (χ0v) is 20.0. The van der Waals surface area contributed by atoms with E-state index in [9.17, 15) is 5.11 Å². The fourth-order valence-electron chi connectivity index (χ4n) is 3.65. The first-order chi connectivity index (χ1) is 16.5. The molecule has 0 bridgehead atoms. The number of anilines is 2. The van der Waals surface area contributed by atoms with Gasteiger partial charge in [-0.2, -0.15) is 10.2 Å². The number of halogens is 1. The molecule has 0 fully saturated rings. The van der Waals surface area contributed by atoms with E-state index in [4.69, 9.17) is 0 Å². The Labute approximate surface area is 203 Å². The molecule has 0 aliphatic heterocycles. The highest BCUT2D eigenvalue weighted by molar-refractivity contribution is 9.10. The lowest BCUT2D eigenvalue weighted by Crippen LogP contribution is -2.00. The molecular formula is C24H21BrN8O. The maximum Gasteiger partial charge on any atom is 0.224 e. The van der Waals surface area contributed by atoms with Crippen molar-refractivity contribution in [2.45, 2.75) is 0 Å². The molecule has 0 unspecified atom stereocenters. The van der Waals surface area contributed by atoms with E-state index in [0.717, 1.165) is 26.5 Å². The van der Waals surface area contributed by atoms with Crippen molar-refractivity contribution in [1.29, 1.82) is 0 Å². The van der Waals surface area contributed by atoms with Crippen LogP contribution < -0.4 is 10.9 Å². The molecule has 3 N–H and O–H groups in total. The van der Waals surface area contributed by atoms with Gasteiger partial charge in [0.2, 0.25) is 11.9 Å².